The fourth-order valence-electron chi connectivity index (χ4n) is 2.90. The molecule has 0 bridgehead atoms. The van der Waals surface area contributed by atoms with Crippen molar-refractivity contribution in [1.82, 2.24) is 10.5 Å². The molecule has 1 amide bonds. The van der Waals surface area contributed by atoms with Gasteiger partial charge in [0.15, 0.2) is 0 Å². The van der Waals surface area contributed by atoms with Gasteiger partial charge in [-0.3, -0.25) is 15.0 Å². The molecule has 1 aromatic heterocycles. The Labute approximate surface area is 170 Å². The summed E-state index contributed by atoms with van der Waals surface area (Å²) in [6.07, 6.45) is -0.397. The van der Waals surface area contributed by atoms with E-state index in [2.05, 4.69) is 10.3 Å². The van der Waals surface area contributed by atoms with Gasteiger partial charge < -0.3 is 5.32 Å². The Hall–Kier alpha value is -3.65. The van der Waals surface area contributed by atoms with Crippen molar-refractivity contribution in [2.45, 2.75) is 12.7 Å². The van der Waals surface area contributed by atoms with Crippen molar-refractivity contribution in [2.24, 2.45) is 0 Å². The molecule has 0 saturated carbocycles. The molecule has 0 atom stereocenters. The number of halogens is 3. The lowest BCUT2D eigenvalue weighted by Crippen LogP contribution is -2.15. The van der Waals surface area contributed by atoms with Crippen LogP contribution in [0, 0.1) is 0 Å². The molecule has 0 saturated heterocycles. The molecule has 0 radical (unpaired) electrons. The predicted octanol–water partition coefficient (Wildman–Crippen LogP) is 4.90. The lowest BCUT2D eigenvalue weighted by atomic mass is 9.98. The zero-order valence-corrected chi connectivity index (χ0v) is 15.6. The number of hydrogen-bond donors (Lipinski definition) is 3. The van der Waals surface area contributed by atoms with E-state index in [9.17, 15) is 18.0 Å². The van der Waals surface area contributed by atoms with Crippen LogP contribution in [0.5, 0.6) is 0 Å². The maximum absolute atomic E-state index is 13.6. The first-order chi connectivity index (χ1) is 14.4. The Morgan fingerprint density at radius 3 is 2.53 bits per heavy atom. The summed E-state index contributed by atoms with van der Waals surface area (Å²) in [5.74, 6) is -0.705. The van der Waals surface area contributed by atoms with Crippen LogP contribution in [0.4, 0.5) is 18.9 Å². The average Bonchev–Trinajstić information content (AvgIpc) is 2.76. The summed E-state index contributed by atoms with van der Waals surface area (Å²) in [4.78, 5) is 15.4. The molecule has 3 aromatic rings. The van der Waals surface area contributed by atoms with Gasteiger partial charge in [-0.2, -0.15) is 13.2 Å². The van der Waals surface area contributed by atoms with Crippen molar-refractivity contribution in [3.05, 3.63) is 89.8 Å². The van der Waals surface area contributed by atoms with E-state index in [1.807, 2.05) is 0 Å². The van der Waals surface area contributed by atoms with E-state index in [1.165, 1.54) is 17.6 Å². The first kappa shape index (κ1) is 21.1. The zero-order chi connectivity index (χ0) is 21.6. The largest absolute Gasteiger partial charge is 0.417 e. The fourth-order valence-corrected chi connectivity index (χ4v) is 2.90. The van der Waals surface area contributed by atoms with Crippen LogP contribution in [0.15, 0.2) is 72.9 Å². The Morgan fingerprint density at radius 1 is 1.07 bits per heavy atom. The molecule has 0 aliphatic rings. The van der Waals surface area contributed by atoms with E-state index in [1.54, 1.807) is 54.7 Å². The number of amides is 1. The van der Waals surface area contributed by atoms with Gasteiger partial charge in [-0.25, -0.2) is 5.48 Å². The number of anilines is 1. The second-order valence-electron chi connectivity index (χ2n) is 6.33. The van der Waals surface area contributed by atoms with Gasteiger partial charge >= 0.3 is 6.18 Å². The first-order valence-corrected chi connectivity index (χ1v) is 8.95. The third kappa shape index (κ3) is 5.24. The van der Waals surface area contributed by atoms with Crippen molar-refractivity contribution < 1.29 is 23.2 Å². The smallest absolute Gasteiger partial charge is 0.379 e. The van der Waals surface area contributed by atoms with Crippen molar-refractivity contribution in [3.63, 3.8) is 0 Å². The van der Waals surface area contributed by atoms with E-state index in [0.29, 0.717) is 16.8 Å². The molecule has 0 aliphatic heterocycles. The molecule has 3 rings (SSSR count). The summed E-state index contributed by atoms with van der Waals surface area (Å²) in [5.41, 5.74) is 2.73. The molecular weight excluding hydrogens is 395 g/mol. The van der Waals surface area contributed by atoms with Gasteiger partial charge in [0, 0.05) is 18.0 Å². The van der Waals surface area contributed by atoms with Gasteiger partial charge in [-0.15, -0.1) is 0 Å². The van der Waals surface area contributed by atoms with Gasteiger partial charge in [-0.1, -0.05) is 42.5 Å². The van der Waals surface area contributed by atoms with Crippen molar-refractivity contribution >= 4 is 17.7 Å². The van der Waals surface area contributed by atoms with Crippen molar-refractivity contribution in [2.75, 3.05) is 5.32 Å². The topological polar surface area (TPSA) is 74.2 Å². The SMILES string of the molecule is O=C(/C=C/c1cccnc1CNc1ccc(-c2ccccc2)c(C(F)(F)F)c1)NO. The Kier molecular flexibility index (Phi) is 6.48. The van der Waals surface area contributed by atoms with E-state index < -0.39 is 17.6 Å². The fraction of sp³-hybridized carbons (Fsp3) is 0.0909. The average molecular weight is 413 g/mol. The van der Waals surface area contributed by atoms with Crippen LogP contribution >= 0.6 is 0 Å². The number of carbonyl (C=O) groups is 1. The Morgan fingerprint density at radius 2 is 1.83 bits per heavy atom. The van der Waals surface area contributed by atoms with E-state index in [-0.39, 0.29) is 17.8 Å². The van der Waals surface area contributed by atoms with E-state index >= 15 is 0 Å². The van der Waals surface area contributed by atoms with Gasteiger partial charge in [0.05, 0.1) is 17.8 Å². The summed E-state index contributed by atoms with van der Waals surface area (Å²) < 4.78 is 40.9. The number of alkyl halides is 3. The summed E-state index contributed by atoms with van der Waals surface area (Å²) in [6.45, 7) is 0.142. The number of pyridine rings is 1. The summed E-state index contributed by atoms with van der Waals surface area (Å²) >= 11 is 0. The van der Waals surface area contributed by atoms with E-state index in [0.717, 1.165) is 12.1 Å². The molecule has 1 heterocycles. The van der Waals surface area contributed by atoms with Gasteiger partial charge in [0.25, 0.3) is 5.91 Å². The number of carbonyl (C=O) groups excluding carboxylic acids is 1. The molecule has 8 heteroatoms. The van der Waals surface area contributed by atoms with E-state index in [4.69, 9.17) is 5.21 Å². The third-order valence-corrected chi connectivity index (χ3v) is 4.32. The highest BCUT2D eigenvalue weighted by molar-refractivity contribution is 5.90. The number of nitrogens with one attached hydrogen (secondary N) is 2. The lowest BCUT2D eigenvalue weighted by molar-refractivity contribution is -0.137. The summed E-state index contributed by atoms with van der Waals surface area (Å²) in [5, 5.41) is 11.5. The van der Waals surface area contributed by atoms with Crippen LogP contribution in [0.2, 0.25) is 0 Å². The number of hydroxylamine groups is 1. The third-order valence-electron chi connectivity index (χ3n) is 4.32. The van der Waals surface area contributed by atoms with Gasteiger partial charge in [0.1, 0.15) is 0 Å². The highest BCUT2D eigenvalue weighted by atomic mass is 19.4. The molecule has 0 spiro atoms. The molecule has 3 N–H and O–H groups in total. The molecule has 0 aliphatic carbocycles. The van der Waals surface area contributed by atoms with Crippen molar-refractivity contribution in [3.8, 4) is 11.1 Å². The molecule has 30 heavy (non-hydrogen) atoms. The monoisotopic (exact) mass is 413 g/mol. The number of nitrogens with zero attached hydrogens (tertiary/aromatic N) is 1. The molecule has 0 fully saturated rings. The lowest BCUT2D eigenvalue weighted by Gasteiger charge is -2.16. The molecule has 5 nitrogen and oxygen atoms in total. The summed E-state index contributed by atoms with van der Waals surface area (Å²) in [6, 6.07) is 15.8. The minimum absolute atomic E-state index is 0.102. The number of aromatic nitrogens is 1. The van der Waals surface area contributed by atoms with Crippen molar-refractivity contribution in [1.29, 1.82) is 0 Å². The van der Waals surface area contributed by atoms with Crippen LogP contribution in [0.25, 0.3) is 17.2 Å². The molecule has 154 valence electrons. The predicted molar refractivity (Wildman–Crippen MR) is 107 cm³/mol. The van der Waals surface area contributed by atoms with Gasteiger partial charge in [-0.05, 0) is 41.0 Å². The summed E-state index contributed by atoms with van der Waals surface area (Å²) in [7, 11) is 0. The minimum atomic E-state index is -4.51. The molecular formula is C22H18F3N3O2. The number of hydrogen-bond acceptors (Lipinski definition) is 4. The quantitative estimate of drug-likeness (QED) is 0.305. The van der Waals surface area contributed by atoms with Crippen LogP contribution in [0.1, 0.15) is 16.8 Å². The highest BCUT2D eigenvalue weighted by Crippen LogP contribution is 2.38. The zero-order valence-electron chi connectivity index (χ0n) is 15.6. The van der Waals surface area contributed by atoms with Crippen LogP contribution in [-0.4, -0.2) is 16.1 Å². The first-order valence-electron chi connectivity index (χ1n) is 8.95. The second-order valence-corrected chi connectivity index (χ2v) is 6.33. The molecule has 2 aromatic carbocycles. The van der Waals surface area contributed by atoms with Crippen LogP contribution in [-0.2, 0) is 17.5 Å². The standard InChI is InChI=1S/C22H18F3N3O2/c23-22(24,25)19-13-17(9-10-18(19)15-5-2-1-3-6-15)27-14-20-16(7-4-12-26-20)8-11-21(29)28-30/h1-13,27,30H,14H2,(H,28,29)/b11-8+. The maximum Gasteiger partial charge on any atom is 0.417 e. The van der Waals surface area contributed by atoms with Crippen LogP contribution in [0.3, 0.4) is 0 Å². The van der Waals surface area contributed by atoms with Crippen LogP contribution < -0.4 is 10.8 Å². The van der Waals surface area contributed by atoms with Gasteiger partial charge in [0.2, 0.25) is 0 Å². The Bertz CT molecular complexity index is 1050. The number of rotatable bonds is 6. The minimum Gasteiger partial charge on any atom is -0.379 e. The molecule has 0 unspecified atom stereocenters. The highest BCUT2D eigenvalue weighted by Gasteiger charge is 2.34. The normalized spacial score (nSPS) is 11.5. The second kappa shape index (κ2) is 9.23. The number of benzene rings is 2. The Balaban J connectivity index is 1.85. The maximum atomic E-state index is 13.6.